The van der Waals surface area contributed by atoms with Gasteiger partial charge in [0.25, 0.3) is 0 Å². The van der Waals surface area contributed by atoms with Gasteiger partial charge in [0.2, 0.25) is 0 Å². The average Bonchev–Trinajstić information content (AvgIpc) is 3.46. The predicted molar refractivity (Wildman–Crippen MR) is 198 cm³/mol. The van der Waals surface area contributed by atoms with Gasteiger partial charge in [0.15, 0.2) is 0 Å². The van der Waals surface area contributed by atoms with E-state index in [9.17, 15) is 0 Å². The Kier molecular flexibility index (Phi) is 5.25. The standard InChI is InChI=1S/C44H26S/c1-2-12-29-23-44-42(22-28(29)11-1)37-21-20-30(24-43(37)45-44)38-25-40-36-18-8-7-17-35(36)39(26-41(40)34-16-6-5-15-33(34)38)32-19-9-13-27-10-3-4-14-31(27)32/h1-26H. The van der Waals surface area contributed by atoms with E-state index in [0.29, 0.717) is 0 Å². The highest BCUT2D eigenvalue weighted by molar-refractivity contribution is 7.25. The molecule has 10 rings (SSSR count). The van der Waals surface area contributed by atoms with E-state index in [4.69, 9.17) is 0 Å². The van der Waals surface area contributed by atoms with E-state index >= 15 is 0 Å². The second kappa shape index (κ2) is 9.50. The molecule has 1 heteroatoms. The van der Waals surface area contributed by atoms with Gasteiger partial charge in [-0.25, -0.2) is 0 Å². The lowest BCUT2D eigenvalue weighted by atomic mass is 9.86. The van der Waals surface area contributed by atoms with E-state index in [-0.39, 0.29) is 0 Å². The number of hydrogen-bond donors (Lipinski definition) is 0. The molecule has 45 heavy (non-hydrogen) atoms. The van der Waals surface area contributed by atoms with Crippen LogP contribution >= 0.6 is 11.3 Å². The van der Waals surface area contributed by atoms with Gasteiger partial charge in [-0.15, -0.1) is 11.3 Å². The van der Waals surface area contributed by atoms with Gasteiger partial charge in [0.05, 0.1) is 0 Å². The van der Waals surface area contributed by atoms with Crippen LogP contribution in [-0.2, 0) is 0 Å². The molecule has 0 unspecified atom stereocenters. The second-order valence-electron chi connectivity index (χ2n) is 12.1. The first-order valence-corrected chi connectivity index (χ1v) is 16.3. The topological polar surface area (TPSA) is 0 Å². The predicted octanol–water partition coefficient (Wildman–Crippen LogP) is 13.2. The zero-order chi connectivity index (χ0) is 29.5. The molecule has 1 heterocycles. The highest BCUT2D eigenvalue weighted by Gasteiger charge is 2.16. The Morgan fingerprint density at radius 3 is 1.58 bits per heavy atom. The van der Waals surface area contributed by atoms with Crippen LogP contribution in [0.15, 0.2) is 158 Å². The SMILES string of the molecule is c1ccc2cc3c(cc2c1)sc1cc(-c2cc4c5ccccc5c(-c5cccc6ccccc56)cc4c4ccccc24)ccc13. The monoisotopic (exact) mass is 586 g/mol. The molecule has 0 spiro atoms. The van der Waals surface area contributed by atoms with Crippen LogP contribution in [0, 0.1) is 0 Å². The molecular formula is C44H26S. The highest BCUT2D eigenvalue weighted by Crippen LogP contribution is 2.44. The van der Waals surface area contributed by atoms with Gasteiger partial charge in [0.1, 0.15) is 0 Å². The molecule has 0 amide bonds. The van der Waals surface area contributed by atoms with E-state index in [0.717, 1.165) is 0 Å². The van der Waals surface area contributed by atoms with Crippen molar-refractivity contribution in [3.63, 3.8) is 0 Å². The van der Waals surface area contributed by atoms with Crippen LogP contribution in [0.5, 0.6) is 0 Å². The Morgan fingerprint density at radius 2 is 0.822 bits per heavy atom. The minimum absolute atomic E-state index is 1.26. The van der Waals surface area contributed by atoms with Gasteiger partial charge < -0.3 is 0 Å². The van der Waals surface area contributed by atoms with Crippen molar-refractivity contribution in [3.8, 4) is 22.3 Å². The summed E-state index contributed by atoms with van der Waals surface area (Å²) in [5.74, 6) is 0. The van der Waals surface area contributed by atoms with Crippen molar-refractivity contribution in [2.24, 2.45) is 0 Å². The van der Waals surface area contributed by atoms with Gasteiger partial charge in [-0.05, 0) is 106 Å². The summed E-state index contributed by atoms with van der Waals surface area (Å²) in [6.07, 6.45) is 0. The van der Waals surface area contributed by atoms with E-state index in [2.05, 4.69) is 158 Å². The third-order valence-electron chi connectivity index (χ3n) is 9.61. The third kappa shape index (κ3) is 3.72. The molecule has 0 saturated carbocycles. The van der Waals surface area contributed by atoms with Crippen LogP contribution in [-0.4, -0.2) is 0 Å². The van der Waals surface area contributed by atoms with Crippen molar-refractivity contribution in [3.05, 3.63) is 158 Å². The molecule has 0 nitrogen and oxygen atoms in total. The summed E-state index contributed by atoms with van der Waals surface area (Å²) >= 11 is 1.90. The van der Waals surface area contributed by atoms with E-state index < -0.39 is 0 Å². The Balaban J connectivity index is 1.26. The molecular weight excluding hydrogens is 561 g/mol. The Morgan fingerprint density at radius 1 is 0.267 bits per heavy atom. The fourth-order valence-corrected chi connectivity index (χ4v) is 8.68. The molecule has 0 aliphatic carbocycles. The lowest BCUT2D eigenvalue weighted by molar-refractivity contribution is 1.70. The van der Waals surface area contributed by atoms with Crippen LogP contribution in [0.3, 0.4) is 0 Å². The van der Waals surface area contributed by atoms with E-state index in [1.54, 1.807) is 0 Å². The average molecular weight is 587 g/mol. The molecule has 0 fully saturated rings. The van der Waals surface area contributed by atoms with E-state index in [1.165, 1.54) is 96.3 Å². The fraction of sp³-hybridized carbons (Fsp3) is 0. The maximum atomic E-state index is 2.44. The first-order chi connectivity index (χ1) is 22.3. The first kappa shape index (κ1) is 24.9. The number of hydrogen-bond acceptors (Lipinski definition) is 1. The number of benzene rings is 9. The van der Waals surface area contributed by atoms with Crippen molar-refractivity contribution in [1.29, 1.82) is 0 Å². The minimum Gasteiger partial charge on any atom is -0.135 e. The fourth-order valence-electron chi connectivity index (χ4n) is 7.50. The first-order valence-electron chi connectivity index (χ1n) is 15.5. The maximum absolute atomic E-state index is 2.44. The smallest absolute Gasteiger partial charge is 0.0361 e. The van der Waals surface area contributed by atoms with Crippen LogP contribution in [0.4, 0.5) is 0 Å². The third-order valence-corrected chi connectivity index (χ3v) is 10.7. The normalized spacial score (nSPS) is 12.0. The van der Waals surface area contributed by atoms with Crippen molar-refractivity contribution >= 4 is 85.4 Å². The summed E-state index contributed by atoms with van der Waals surface area (Å²) in [5, 5.41) is 15.6. The molecule has 10 aromatic rings. The maximum Gasteiger partial charge on any atom is 0.0361 e. The number of fused-ring (bicyclic) bond motifs is 10. The highest BCUT2D eigenvalue weighted by atomic mass is 32.1. The molecule has 0 aliphatic rings. The molecule has 0 bridgehead atoms. The summed E-state index contributed by atoms with van der Waals surface area (Å²) in [7, 11) is 0. The van der Waals surface area contributed by atoms with Gasteiger partial charge in [-0.1, -0.05) is 127 Å². The van der Waals surface area contributed by atoms with Gasteiger partial charge >= 0.3 is 0 Å². The number of thiophene rings is 1. The lowest BCUT2D eigenvalue weighted by Crippen LogP contribution is -1.89. The molecule has 0 N–H and O–H groups in total. The van der Waals surface area contributed by atoms with Crippen LogP contribution < -0.4 is 0 Å². The van der Waals surface area contributed by atoms with Crippen molar-refractivity contribution < 1.29 is 0 Å². The Labute approximate surface area is 264 Å². The van der Waals surface area contributed by atoms with Crippen molar-refractivity contribution in [1.82, 2.24) is 0 Å². The molecule has 0 aliphatic heterocycles. The zero-order valence-corrected chi connectivity index (χ0v) is 25.2. The number of rotatable bonds is 2. The van der Waals surface area contributed by atoms with E-state index in [1.807, 2.05) is 11.3 Å². The molecule has 0 saturated heterocycles. The lowest BCUT2D eigenvalue weighted by Gasteiger charge is -2.17. The summed E-state index contributed by atoms with van der Waals surface area (Å²) in [6.45, 7) is 0. The Hall–Kier alpha value is -5.50. The quantitative estimate of drug-likeness (QED) is 0.177. The minimum atomic E-state index is 1.26. The van der Waals surface area contributed by atoms with Crippen molar-refractivity contribution in [2.75, 3.05) is 0 Å². The van der Waals surface area contributed by atoms with Crippen LogP contribution in [0.2, 0.25) is 0 Å². The molecule has 1 aromatic heterocycles. The van der Waals surface area contributed by atoms with Gasteiger partial charge in [0, 0.05) is 20.2 Å². The molecule has 0 atom stereocenters. The van der Waals surface area contributed by atoms with Crippen LogP contribution in [0.1, 0.15) is 0 Å². The molecule has 0 radical (unpaired) electrons. The van der Waals surface area contributed by atoms with Gasteiger partial charge in [-0.3, -0.25) is 0 Å². The zero-order valence-electron chi connectivity index (χ0n) is 24.4. The molecule has 9 aromatic carbocycles. The Bertz CT molecular complexity index is 2810. The summed E-state index contributed by atoms with van der Waals surface area (Å²) in [4.78, 5) is 0. The van der Waals surface area contributed by atoms with Crippen LogP contribution in [0.25, 0.3) is 96.3 Å². The van der Waals surface area contributed by atoms with Gasteiger partial charge in [-0.2, -0.15) is 0 Å². The summed E-state index contributed by atoms with van der Waals surface area (Å²) in [6, 6.07) is 58.6. The van der Waals surface area contributed by atoms with Crippen molar-refractivity contribution in [2.45, 2.75) is 0 Å². The summed E-state index contributed by atoms with van der Waals surface area (Å²) in [5.41, 5.74) is 5.11. The summed E-state index contributed by atoms with van der Waals surface area (Å²) < 4.78 is 2.68. The second-order valence-corrected chi connectivity index (χ2v) is 13.2. The molecule has 208 valence electrons. The largest absolute Gasteiger partial charge is 0.135 e.